The molecule has 3 N–H and O–H groups in total. The molecule has 0 aromatic heterocycles. The normalized spacial score (nSPS) is 28.9. The molecule has 0 aliphatic carbocycles. The maximum atomic E-state index is 12.2. The molecule has 2 aliphatic rings. The lowest BCUT2D eigenvalue weighted by molar-refractivity contribution is 0.274. The minimum absolute atomic E-state index is 0.0623. The van der Waals surface area contributed by atoms with Crippen LogP contribution in [-0.4, -0.2) is 63.4 Å². The summed E-state index contributed by atoms with van der Waals surface area (Å²) in [6, 6.07) is 0.0623. The summed E-state index contributed by atoms with van der Waals surface area (Å²) in [5.41, 5.74) is 5.62. The fourth-order valence-electron chi connectivity index (χ4n) is 2.70. The van der Waals surface area contributed by atoms with Gasteiger partial charge in [-0.25, -0.2) is 0 Å². The molecule has 1 unspecified atom stereocenters. The van der Waals surface area contributed by atoms with E-state index >= 15 is 0 Å². The standard InChI is InChI=1S/C11H24N4O2S/c1-14-5-4-11(9-14)13-18(16,17)15-6-2-10(8-12)3-7-15/h10-11,13H,2-9,12H2,1H3. The Morgan fingerprint density at radius 1 is 1.22 bits per heavy atom. The first-order valence-corrected chi connectivity index (χ1v) is 8.11. The van der Waals surface area contributed by atoms with Gasteiger partial charge in [-0.15, -0.1) is 0 Å². The minimum atomic E-state index is -3.31. The van der Waals surface area contributed by atoms with E-state index in [1.54, 1.807) is 4.31 Å². The Balaban J connectivity index is 1.87. The highest BCUT2D eigenvalue weighted by Gasteiger charge is 2.31. The maximum absolute atomic E-state index is 12.2. The van der Waals surface area contributed by atoms with Crippen LogP contribution in [0.4, 0.5) is 0 Å². The Hall–Kier alpha value is -0.210. The number of likely N-dealkylation sites (tertiary alicyclic amines) is 1. The highest BCUT2D eigenvalue weighted by molar-refractivity contribution is 7.87. The van der Waals surface area contributed by atoms with Crippen LogP contribution in [0.15, 0.2) is 0 Å². The molecule has 106 valence electrons. The zero-order valence-corrected chi connectivity index (χ0v) is 11.8. The summed E-state index contributed by atoms with van der Waals surface area (Å²) in [6.07, 6.45) is 2.65. The van der Waals surface area contributed by atoms with Crippen LogP contribution >= 0.6 is 0 Å². The molecule has 6 nitrogen and oxygen atoms in total. The van der Waals surface area contributed by atoms with Crippen molar-refractivity contribution < 1.29 is 8.42 Å². The maximum Gasteiger partial charge on any atom is 0.279 e. The van der Waals surface area contributed by atoms with Gasteiger partial charge < -0.3 is 10.6 Å². The number of hydrogen-bond acceptors (Lipinski definition) is 4. The van der Waals surface area contributed by atoms with Crippen LogP contribution in [0.3, 0.4) is 0 Å². The van der Waals surface area contributed by atoms with Gasteiger partial charge in [-0.05, 0) is 45.3 Å². The van der Waals surface area contributed by atoms with Crippen molar-refractivity contribution >= 4 is 10.2 Å². The van der Waals surface area contributed by atoms with Gasteiger partial charge in [0.25, 0.3) is 10.2 Å². The summed E-state index contributed by atoms with van der Waals surface area (Å²) < 4.78 is 28.8. The van der Waals surface area contributed by atoms with E-state index in [4.69, 9.17) is 5.73 Å². The van der Waals surface area contributed by atoms with E-state index in [1.165, 1.54) is 0 Å². The fraction of sp³-hybridized carbons (Fsp3) is 1.00. The fourth-order valence-corrected chi connectivity index (χ4v) is 4.16. The van der Waals surface area contributed by atoms with Crippen molar-refractivity contribution in [3.8, 4) is 0 Å². The largest absolute Gasteiger partial charge is 0.330 e. The van der Waals surface area contributed by atoms with Crippen molar-refractivity contribution in [3.05, 3.63) is 0 Å². The summed E-state index contributed by atoms with van der Waals surface area (Å²) in [4.78, 5) is 2.15. The Morgan fingerprint density at radius 3 is 2.39 bits per heavy atom. The lowest BCUT2D eigenvalue weighted by atomic mass is 9.99. The van der Waals surface area contributed by atoms with E-state index in [0.29, 0.717) is 25.6 Å². The Kier molecular flexibility index (Phi) is 4.60. The van der Waals surface area contributed by atoms with Gasteiger partial charge in [0, 0.05) is 25.7 Å². The zero-order chi connectivity index (χ0) is 13.2. The molecule has 0 spiro atoms. The second-order valence-corrected chi connectivity index (χ2v) is 7.15. The summed E-state index contributed by atoms with van der Waals surface area (Å²) in [6.45, 7) is 3.62. The van der Waals surface area contributed by atoms with Crippen LogP contribution in [0, 0.1) is 5.92 Å². The van der Waals surface area contributed by atoms with Gasteiger partial charge >= 0.3 is 0 Å². The molecule has 2 fully saturated rings. The molecule has 0 amide bonds. The quantitative estimate of drug-likeness (QED) is 0.704. The van der Waals surface area contributed by atoms with Crippen molar-refractivity contribution in [2.45, 2.75) is 25.3 Å². The van der Waals surface area contributed by atoms with E-state index in [1.807, 2.05) is 7.05 Å². The smallest absolute Gasteiger partial charge is 0.279 e. The minimum Gasteiger partial charge on any atom is -0.330 e. The van der Waals surface area contributed by atoms with Gasteiger partial charge in [0.05, 0.1) is 0 Å². The molecule has 7 heteroatoms. The molecule has 2 aliphatic heterocycles. The summed E-state index contributed by atoms with van der Waals surface area (Å²) in [5.74, 6) is 0.481. The van der Waals surface area contributed by atoms with Gasteiger partial charge in [-0.2, -0.15) is 17.4 Å². The number of piperidine rings is 1. The van der Waals surface area contributed by atoms with Gasteiger partial charge in [0.15, 0.2) is 0 Å². The molecule has 0 aromatic carbocycles. The molecule has 2 saturated heterocycles. The summed E-state index contributed by atoms with van der Waals surface area (Å²) >= 11 is 0. The molecule has 2 heterocycles. The van der Waals surface area contributed by atoms with Crippen LogP contribution in [0.5, 0.6) is 0 Å². The predicted molar refractivity (Wildman–Crippen MR) is 71.3 cm³/mol. The molecule has 18 heavy (non-hydrogen) atoms. The molecule has 0 aromatic rings. The molecule has 0 bridgehead atoms. The van der Waals surface area contributed by atoms with Gasteiger partial charge in [0.1, 0.15) is 0 Å². The number of nitrogens with two attached hydrogens (primary N) is 1. The predicted octanol–water partition coefficient (Wildman–Crippen LogP) is -0.804. The first-order chi connectivity index (χ1) is 8.51. The third-order valence-corrected chi connectivity index (χ3v) is 5.63. The van der Waals surface area contributed by atoms with Gasteiger partial charge in [-0.1, -0.05) is 0 Å². The monoisotopic (exact) mass is 276 g/mol. The van der Waals surface area contributed by atoms with E-state index in [2.05, 4.69) is 9.62 Å². The first kappa shape index (κ1) is 14.2. The average Bonchev–Trinajstić information content (AvgIpc) is 2.74. The van der Waals surface area contributed by atoms with E-state index in [0.717, 1.165) is 32.4 Å². The Bertz CT molecular complexity index is 365. The molecular formula is C11H24N4O2S. The van der Waals surface area contributed by atoms with Crippen LogP contribution in [-0.2, 0) is 10.2 Å². The Labute approximate surface area is 110 Å². The third kappa shape index (κ3) is 3.42. The topological polar surface area (TPSA) is 78.7 Å². The van der Waals surface area contributed by atoms with Crippen LogP contribution in [0.1, 0.15) is 19.3 Å². The van der Waals surface area contributed by atoms with Gasteiger partial charge in [0.2, 0.25) is 0 Å². The first-order valence-electron chi connectivity index (χ1n) is 6.67. The SMILES string of the molecule is CN1CCC(NS(=O)(=O)N2CCC(CN)CC2)C1. The lowest BCUT2D eigenvalue weighted by Gasteiger charge is -2.31. The number of rotatable bonds is 4. The van der Waals surface area contributed by atoms with Crippen molar-refractivity contribution in [2.75, 3.05) is 39.8 Å². The number of hydrogen-bond donors (Lipinski definition) is 2. The molecule has 0 radical (unpaired) electrons. The van der Waals surface area contributed by atoms with Crippen LogP contribution in [0.25, 0.3) is 0 Å². The highest BCUT2D eigenvalue weighted by Crippen LogP contribution is 2.18. The molecular weight excluding hydrogens is 252 g/mol. The van der Waals surface area contributed by atoms with Crippen molar-refractivity contribution in [1.29, 1.82) is 0 Å². The number of nitrogens with one attached hydrogen (secondary N) is 1. The van der Waals surface area contributed by atoms with E-state index in [9.17, 15) is 8.42 Å². The van der Waals surface area contributed by atoms with Crippen LogP contribution < -0.4 is 10.5 Å². The zero-order valence-electron chi connectivity index (χ0n) is 11.0. The Morgan fingerprint density at radius 2 is 1.89 bits per heavy atom. The summed E-state index contributed by atoms with van der Waals surface area (Å²) in [7, 11) is -1.29. The molecule has 1 atom stereocenters. The van der Waals surface area contributed by atoms with Crippen molar-refractivity contribution in [3.63, 3.8) is 0 Å². The highest BCUT2D eigenvalue weighted by atomic mass is 32.2. The number of likely N-dealkylation sites (N-methyl/N-ethyl adjacent to an activating group) is 1. The average molecular weight is 276 g/mol. The summed E-state index contributed by atoms with van der Waals surface area (Å²) in [5, 5.41) is 0. The molecule has 0 saturated carbocycles. The van der Waals surface area contributed by atoms with Crippen LogP contribution in [0.2, 0.25) is 0 Å². The second-order valence-electron chi connectivity index (χ2n) is 5.45. The van der Waals surface area contributed by atoms with Crippen molar-refractivity contribution in [2.24, 2.45) is 11.7 Å². The van der Waals surface area contributed by atoms with E-state index < -0.39 is 10.2 Å². The lowest BCUT2D eigenvalue weighted by Crippen LogP contribution is -2.49. The molecule has 2 rings (SSSR count). The van der Waals surface area contributed by atoms with E-state index in [-0.39, 0.29) is 6.04 Å². The van der Waals surface area contributed by atoms with Gasteiger partial charge in [-0.3, -0.25) is 0 Å². The van der Waals surface area contributed by atoms with Crippen molar-refractivity contribution in [1.82, 2.24) is 13.9 Å². The third-order valence-electron chi connectivity index (χ3n) is 3.95. The second kappa shape index (κ2) is 5.83. The number of nitrogens with zero attached hydrogens (tertiary/aromatic N) is 2.